The second kappa shape index (κ2) is 17.3. The largest absolute Gasteiger partial charge is 0.459 e. The lowest BCUT2D eigenvalue weighted by Gasteiger charge is -2.29. The molecule has 12 heteroatoms. The summed E-state index contributed by atoms with van der Waals surface area (Å²) < 4.78 is 5.39. The first kappa shape index (κ1) is 33.7. The molecule has 0 bridgehead atoms. The van der Waals surface area contributed by atoms with Gasteiger partial charge in [0.05, 0.1) is 12.6 Å². The Bertz CT molecular complexity index is 1010. The quantitative estimate of drug-likeness (QED) is 0.152. The molecule has 12 nitrogen and oxygen atoms in total. The molecule has 4 amide bonds. The van der Waals surface area contributed by atoms with E-state index in [1.54, 1.807) is 12.1 Å². The number of ether oxygens (including phenoxy) is 1. The summed E-state index contributed by atoms with van der Waals surface area (Å²) in [5.74, 6) is -3.45. The molecule has 0 saturated heterocycles. The Kier molecular flexibility index (Phi) is 14.2. The predicted molar refractivity (Wildman–Crippen MR) is 152 cm³/mol. The molecule has 2 rings (SSSR count). The SMILES string of the molecule is CC(C)CC(NC(=O)C(CO)NC(=O)C(CCC(N)=O)NC(=O)C(N)C1CCCCC1)C(=O)OCc1ccccc1. The van der Waals surface area contributed by atoms with Gasteiger partial charge in [-0.15, -0.1) is 0 Å². The van der Waals surface area contributed by atoms with Gasteiger partial charge in [0.2, 0.25) is 23.6 Å². The summed E-state index contributed by atoms with van der Waals surface area (Å²) >= 11 is 0. The van der Waals surface area contributed by atoms with Gasteiger partial charge >= 0.3 is 5.97 Å². The normalized spacial score (nSPS) is 16.6. The molecule has 8 N–H and O–H groups in total. The number of hydrogen-bond acceptors (Lipinski definition) is 8. The number of benzene rings is 1. The summed E-state index contributed by atoms with van der Waals surface area (Å²) in [4.78, 5) is 63.2. The third kappa shape index (κ3) is 11.9. The number of amides is 4. The summed E-state index contributed by atoms with van der Waals surface area (Å²) in [7, 11) is 0. The van der Waals surface area contributed by atoms with Crippen molar-refractivity contribution in [1.82, 2.24) is 16.0 Å². The zero-order valence-electron chi connectivity index (χ0n) is 24.0. The Hall–Kier alpha value is -3.51. The molecule has 41 heavy (non-hydrogen) atoms. The number of carbonyl (C=O) groups is 5. The van der Waals surface area contributed by atoms with Gasteiger partial charge in [-0.1, -0.05) is 63.4 Å². The minimum atomic E-state index is -1.43. The van der Waals surface area contributed by atoms with Crippen LogP contribution in [0.2, 0.25) is 0 Å². The highest BCUT2D eigenvalue weighted by atomic mass is 16.5. The number of esters is 1. The van der Waals surface area contributed by atoms with E-state index in [2.05, 4.69) is 16.0 Å². The third-order valence-electron chi connectivity index (χ3n) is 7.12. The van der Waals surface area contributed by atoms with Gasteiger partial charge in [-0.05, 0) is 43.1 Å². The van der Waals surface area contributed by atoms with Crippen LogP contribution in [0.4, 0.5) is 0 Å². The number of primary amides is 1. The van der Waals surface area contributed by atoms with E-state index in [9.17, 15) is 29.1 Å². The van der Waals surface area contributed by atoms with Crippen LogP contribution in [0, 0.1) is 11.8 Å². The maximum absolute atomic E-state index is 13.1. The van der Waals surface area contributed by atoms with Crippen molar-refractivity contribution in [2.45, 2.75) is 96.0 Å². The van der Waals surface area contributed by atoms with Crippen LogP contribution in [0.3, 0.4) is 0 Å². The van der Waals surface area contributed by atoms with E-state index in [-0.39, 0.29) is 37.7 Å². The second-order valence-corrected chi connectivity index (χ2v) is 11.0. The van der Waals surface area contributed by atoms with Gasteiger partial charge in [0.25, 0.3) is 0 Å². The van der Waals surface area contributed by atoms with Crippen LogP contribution in [0.15, 0.2) is 30.3 Å². The molecular formula is C29H45N5O7. The van der Waals surface area contributed by atoms with Gasteiger partial charge in [0.1, 0.15) is 24.7 Å². The van der Waals surface area contributed by atoms with Crippen molar-refractivity contribution in [3.63, 3.8) is 0 Å². The summed E-state index contributed by atoms with van der Waals surface area (Å²) in [6.07, 6.45) is 4.60. The average Bonchev–Trinajstić information content (AvgIpc) is 2.96. The summed E-state index contributed by atoms with van der Waals surface area (Å²) in [5, 5.41) is 17.5. The number of nitrogens with two attached hydrogens (primary N) is 2. The van der Waals surface area contributed by atoms with Gasteiger partial charge in [0.15, 0.2) is 0 Å². The molecule has 1 aliphatic rings. The average molecular weight is 576 g/mol. The minimum absolute atomic E-state index is 0.0147. The van der Waals surface area contributed by atoms with Gasteiger partial charge in [-0.2, -0.15) is 0 Å². The van der Waals surface area contributed by atoms with Crippen LogP contribution < -0.4 is 27.4 Å². The van der Waals surface area contributed by atoms with E-state index in [0.29, 0.717) is 0 Å². The number of carbonyl (C=O) groups excluding carboxylic acids is 5. The summed E-state index contributed by atoms with van der Waals surface area (Å²) in [5.41, 5.74) is 12.2. The molecule has 0 radical (unpaired) electrons. The zero-order chi connectivity index (χ0) is 30.4. The fraction of sp³-hybridized carbons (Fsp3) is 0.621. The molecule has 1 aliphatic carbocycles. The highest BCUT2D eigenvalue weighted by Crippen LogP contribution is 2.25. The minimum Gasteiger partial charge on any atom is -0.459 e. The lowest BCUT2D eigenvalue weighted by molar-refractivity contribution is -0.150. The lowest BCUT2D eigenvalue weighted by Crippen LogP contribution is -2.58. The van der Waals surface area contributed by atoms with Gasteiger partial charge in [0, 0.05) is 6.42 Å². The standard InChI is InChI=1S/C29H45N5O7/c1-18(2)15-22(29(40)41-17-19-9-5-3-6-10-19)33-27(38)23(16-35)34-26(37)21(13-14-24(30)36)32-28(39)25(31)20-11-7-4-8-12-20/h3,5-6,9-10,18,20-23,25,35H,4,7-8,11-17,31H2,1-2H3,(H2,30,36)(H,32,39)(H,33,38)(H,34,37). The van der Waals surface area contributed by atoms with Crippen molar-refractivity contribution in [3.05, 3.63) is 35.9 Å². The fourth-order valence-electron chi connectivity index (χ4n) is 4.78. The molecule has 4 unspecified atom stereocenters. The van der Waals surface area contributed by atoms with Crippen LogP contribution in [0.1, 0.15) is 70.8 Å². The number of aliphatic hydroxyl groups is 1. The first-order valence-electron chi connectivity index (χ1n) is 14.3. The number of rotatable bonds is 16. The van der Waals surface area contributed by atoms with Gasteiger partial charge in [-0.3, -0.25) is 19.2 Å². The molecule has 1 aromatic rings. The van der Waals surface area contributed by atoms with Crippen molar-refractivity contribution < 1.29 is 33.8 Å². The summed E-state index contributed by atoms with van der Waals surface area (Å²) in [6, 6.07) is 4.58. The lowest BCUT2D eigenvalue weighted by atomic mass is 9.84. The first-order valence-corrected chi connectivity index (χ1v) is 14.3. The Morgan fingerprint density at radius 2 is 1.49 bits per heavy atom. The van der Waals surface area contributed by atoms with E-state index in [1.807, 2.05) is 32.0 Å². The highest BCUT2D eigenvalue weighted by Gasteiger charge is 2.33. The van der Waals surface area contributed by atoms with Crippen molar-refractivity contribution >= 4 is 29.6 Å². The zero-order valence-corrected chi connectivity index (χ0v) is 24.0. The van der Waals surface area contributed by atoms with E-state index < -0.39 is 60.4 Å². The third-order valence-corrected chi connectivity index (χ3v) is 7.12. The van der Waals surface area contributed by atoms with E-state index in [4.69, 9.17) is 16.2 Å². The van der Waals surface area contributed by atoms with Crippen LogP contribution >= 0.6 is 0 Å². The van der Waals surface area contributed by atoms with Crippen molar-refractivity contribution in [1.29, 1.82) is 0 Å². The molecule has 4 atom stereocenters. The number of hydrogen-bond donors (Lipinski definition) is 6. The summed E-state index contributed by atoms with van der Waals surface area (Å²) in [6.45, 7) is 3.00. The predicted octanol–water partition coefficient (Wildman–Crippen LogP) is 0.396. The van der Waals surface area contributed by atoms with Crippen LogP contribution in [0.5, 0.6) is 0 Å². The molecule has 228 valence electrons. The maximum Gasteiger partial charge on any atom is 0.328 e. The molecule has 0 heterocycles. The van der Waals surface area contributed by atoms with E-state index in [1.165, 1.54) is 0 Å². The number of aliphatic hydroxyl groups excluding tert-OH is 1. The maximum atomic E-state index is 13.1. The second-order valence-electron chi connectivity index (χ2n) is 11.0. The van der Waals surface area contributed by atoms with Crippen LogP contribution in [-0.4, -0.2) is 65.5 Å². The molecule has 1 fully saturated rings. The number of nitrogens with one attached hydrogen (secondary N) is 3. The molecule has 0 aliphatic heterocycles. The molecule has 1 aromatic carbocycles. The topological polar surface area (TPSA) is 203 Å². The molecular weight excluding hydrogens is 530 g/mol. The highest BCUT2D eigenvalue weighted by molar-refractivity contribution is 5.94. The Morgan fingerprint density at radius 1 is 0.902 bits per heavy atom. The van der Waals surface area contributed by atoms with E-state index in [0.717, 1.165) is 37.7 Å². The first-order chi connectivity index (χ1) is 19.5. The fourth-order valence-corrected chi connectivity index (χ4v) is 4.78. The van der Waals surface area contributed by atoms with Crippen molar-refractivity contribution in [2.24, 2.45) is 23.3 Å². The Morgan fingerprint density at radius 3 is 2.07 bits per heavy atom. The smallest absolute Gasteiger partial charge is 0.328 e. The van der Waals surface area contributed by atoms with Crippen molar-refractivity contribution in [3.8, 4) is 0 Å². The van der Waals surface area contributed by atoms with Crippen LogP contribution in [0.25, 0.3) is 0 Å². The van der Waals surface area contributed by atoms with E-state index >= 15 is 0 Å². The Labute approximate surface area is 241 Å². The molecule has 0 spiro atoms. The molecule has 1 saturated carbocycles. The van der Waals surface area contributed by atoms with Crippen molar-refractivity contribution in [2.75, 3.05) is 6.61 Å². The van der Waals surface area contributed by atoms with Crippen LogP contribution in [-0.2, 0) is 35.3 Å². The van der Waals surface area contributed by atoms with Gasteiger partial charge in [-0.25, -0.2) is 4.79 Å². The Balaban J connectivity index is 2.05. The molecule has 0 aromatic heterocycles. The van der Waals surface area contributed by atoms with Gasteiger partial charge < -0.3 is 37.3 Å². The monoisotopic (exact) mass is 575 g/mol.